The van der Waals surface area contributed by atoms with Crippen LogP contribution in [-0.4, -0.2) is 165 Å². The molecule has 4 saturated heterocycles. The normalized spacial score (nSPS) is 37.1. The van der Waals surface area contributed by atoms with E-state index in [-0.39, 0.29) is 53.0 Å². The Morgan fingerprint density at radius 2 is 1.40 bits per heavy atom. The summed E-state index contributed by atoms with van der Waals surface area (Å²) in [4.78, 5) is 60.3. The number of hydrogen-bond acceptors (Lipinski definition) is 10. The van der Waals surface area contributed by atoms with Crippen molar-refractivity contribution in [2.24, 2.45) is 29.6 Å². The number of carboxylic acids is 2. The molecule has 4 fully saturated rings. The molecule has 0 saturated carbocycles. The molecule has 0 aromatic heterocycles. The minimum atomic E-state index is -1.15. The first-order chi connectivity index (χ1) is 22.2. The van der Waals surface area contributed by atoms with E-state index in [1.54, 1.807) is 6.92 Å². The first-order valence-corrected chi connectivity index (χ1v) is 16.9. The fourth-order valence-corrected chi connectivity index (χ4v) is 9.58. The van der Waals surface area contributed by atoms with Crippen LogP contribution in [-0.2, 0) is 19.2 Å². The highest BCUT2D eigenvalue weighted by molar-refractivity contribution is 6.01. The summed E-state index contributed by atoms with van der Waals surface area (Å²) in [5, 5.41) is 45.3. The summed E-state index contributed by atoms with van der Waals surface area (Å²) in [5.41, 5.74) is 1.49. The summed E-state index contributed by atoms with van der Waals surface area (Å²) >= 11 is 0. The van der Waals surface area contributed by atoms with Gasteiger partial charge in [-0.3, -0.25) is 19.4 Å². The number of amides is 2. The van der Waals surface area contributed by atoms with Crippen LogP contribution in [0.3, 0.4) is 0 Å². The number of likely N-dealkylation sites (tertiary alicyclic amines) is 2. The zero-order chi connectivity index (χ0) is 34.2. The highest BCUT2D eigenvalue weighted by atomic mass is 16.4. The molecular weight excluding hydrogens is 608 g/mol. The van der Waals surface area contributed by atoms with Crippen LogP contribution in [0.5, 0.6) is 0 Å². The summed E-state index contributed by atoms with van der Waals surface area (Å²) in [6, 6.07) is -0.392. The Balaban J connectivity index is 1.12. The molecule has 0 bridgehead atoms. The summed E-state index contributed by atoms with van der Waals surface area (Å²) in [6.45, 7) is 9.12. The van der Waals surface area contributed by atoms with Crippen LogP contribution < -0.4 is 5.32 Å². The number of aliphatic hydroxyl groups is 2. The molecule has 11 unspecified atom stereocenters. The summed E-state index contributed by atoms with van der Waals surface area (Å²) in [6.07, 6.45) is -0.491. The lowest BCUT2D eigenvalue weighted by molar-refractivity contribution is -0.164. The average Bonchev–Trinajstić information content (AvgIpc) is 3.72. The monoisotopic (exact) mass is 658 g/mol. The van der Waals surface area contributed by atoms with Crippen LogP contribution in [0.2, 0.25) is 0 Å². The van der Waals surface area contributed by atoms with Crippen molar-refractivity contribution in [3.63, 3.8) is 0 Å². The van der Waals surface area contributed by atoms with Crippen molar-refractivity contribution >= 4 is 23.8 Å². The third-order valence-corrected chi connectivity index (χ3v) is 12.1. The molecule has 260 valence electrons. The van der Waals surface area contributed by atoms with Gasteiger partial charge in [0.1, 0.15) is 11.4 Å². The molecule has 6 aliphatic heterocycles. The van der Waals surface area contributed by atoms with E-state index < -0.39 is 42.0 Å². The lowest BCUT2D eigenvalue weighted by Crippen LogP contribution is -2.64. The molecule has 14 heteroatoms. The Labute approximate surface area is 275 Å². The highest BCUT2D eigenvalue weighted by Gasteiger charge is 2.62. The maximum atomic E-state index is 13.5. The molecule has 0 aromatic rings. The SMILES string of the molecule is CNC1CN(CC2=C(C(=O)O)N3C(=O)C(C(C)O)C3C2C)CC1CC(O)C1C(=O)N2C(C(=O)O)=C(CN3CCC(N(C)C)C3)C(C)C12. The van der Waals surface area contributed by atoms with Crippen LogP contribution in [0.4, 0.5) is 0 Å². The number of carbonyl (C=O) groups excluding carboxylic acids is 2. The number of aliphatic hydroxyl groups excluding tert-OH is 2. The standard InChI is InChI=1S/C33H50N6O8/c1-15-21(29(33(46)47)38-26(15)24(17(3)40)30(38)42)13-37-10-18(22(14-37)34-4)9-23(41)25-27-16(2)20(28(32(44)45)39(27)31(25)43)12-36-8-7-19(11-36)35(5)6/h15-19,22-27,34,40-41H,7-14H2,1-6H3,(H,44,45)(H,46,47). The van der Waals surface area contributed by atoms with E-state index in [1.807, 2.05) is 35.0 Å². The molecule has 0 spiro atoms. The van der Waals surface area contributed by atoms with Gasteiger partial charge in [-0.25, -0.2) is 9.59 Å². The van der Waals surface area contributed by atoms with E-state index in [0.717, 1.165) is 25.1 Å². The van der Waals surface area contributed by atoms with Gasteiger partial charge in [0.15, 0.2) is 0 Å². The smallest absolute Gasteiger partial charge is 0.352 e. The molecule has 5 N–H and O–H groups in total. The molecule has 0 aliphatic carbocycles. The second-order valence-corrected chi connectivity index (χ2v) is 14.9. The number of hydrogen-bond donors (Lipinski definition) is 5. The number of likely N-dealkylation sites (N-methyl/N-ethyl adjacent to an activating group) is 2. The van der Waals surface area contributed by atoms with Gasteiger partial charge >= 0.3 is 11.9 Å². The number of aliphatic carboxylic acids is 2. The first kappa shape index (κ1) is 34.0. The van der Waals surface area contributed by atoms with Gasteiger partial charge in [0.05, 0.1) is 36.1 Å². The molecule has 0 radical (unpaired) electrons. The van der Waals surface area contributed by atoms with E-state index >= 15 is 0 Å². The van der Waals surface area contributed by atoms with Crippen LogP contribution in [0.25, 0.3) is 0 Å². The maximum Gasteiger partial charge on any atom is 0.352 e. The number of fused-ring (bicyclic) bond motifs is 2. The van der Waals surface area contributed by atoms with Crippen LogP contribution >= 0.6 is 0 Å². The summed E-state index contributed by atoms with van der Waals surface area (Å²) < 4.78 is 0. The fourth-order valence-electron chi connectivity index (χ4n) is 9.58. The number of carbonyl (C=O) groups is 4. The van der Waals surface area contributed by atoms with Crippen LogP contribution in [0, 0.1) is 29.6 Å². The Kier molecular flexibility index (Phi) is 9.07. The molecule has 0 aromatic carbocycles. The van der Waals surface area contributed by atoms with E-state index in [4.69, 9.17) is 0 Å². The first-order valence-electron chi connectivity index (χ1n) is 16.9. The van der Waals surface area contributed by atoms with E-state index in [0.29, 0.717) is 44.2 Å². The van der Waals surface area contributed by atoms with Gasteiger partial charge in [0, 0.05) is 63.2 Å². The number of rotatable bonds is 12. The molecule has 47 heavy (non-hydrogen) atoms. The van der Waals surface area contributed by atoms with Crippen molar-refractivity contribution in [3.8, 4) is 0 Å². The van der Waals surface area contributed by atoms with E-state index in [1.165, 1.54) is 9.80 Å². The maximum absolute atomic E-state index is 13.5. The Morgan fingerprint density at radius 1 is 0.872 bits per heavy atom. The number of nitrogens with zero attached hydrogens (tertiary/aromatic N) is 5. The summed E-state index contributed by atoms with van der Waals surface area (Å²) in [7, 11) is 5.93. The Morgan fingerprint density at radius 3 is 1.89 bits per heavy atom. The predicted octanol–water partition coefficient (Wildman–Crippen LogP) is -1.10. The lowest BCUT2D eigenvalue weighted by Gasteiger charge is -2.47. The van der Waals surface area contributed by atoms with Gasteiger partial charge < -0.3 is 40.4 Å². The third-order valence-electron chi connectivity index (χ3n) is 12.1. The zero-order valence-corrected chi connectivity index (χ0v) is 28.2. The largest absolute Gasteiger partial charge is 0.477 e. The minimum absolute atomic E-state index is 0.00738. The van der Waals surface area contributed by atoms with Crippen molar-refractivity contribution in [2.75, 3.05) is 60.4 Å². The predicted molar refractivity (Wildman–Crippen MR) is 170 cm³/mol. The van der Waals surface area contributed by atoms with Gasteiger partial charge in [-0.1, -0.05) is 13.8 Å². The van der Waals surface area contributed by atoms with Gasteiger partial charge in [-0.05, 0) is 58.0 Å². The minimum Gasteiger partial charge on any atom is -0.477 e. The molecule has 14 nitrogen and oxygen atoms in total. The molecule has 6 aliphatic rings. The molecule has 2 amide bonds. The van der Waals surface area contributed by atoms with Crippen molar-refractivity contribution in [3.05, 3.63) is 22.5 Å². The quantitative estimate of drug-likeness (QED) is 0.160. The zero-order valence-electron chi connectivity index (χ0n) is 28.2. The molecule has 6 heterocycles. The second kappa shape index (κ2) is 12.5. The molecular formula is C33H50N6O8. The Hall–Kier alpha value is -2.88. The van der Waals surface area contributed by atoms with Crippen molar-refractivity contribution < 1.29 is 39.6 Å². The van der Waals surface area contributed by atoms with Gasteiger partial charge in [0.25, 0.3) is 0 Å². The second-order valence-electron chi connectivity index (χ2n) is 14.9. The third kappa shape index (κ3) is 5.41. The van der Waals surface area contributed by atoms with Crippen molar-refractivity contribution in [2.45, 2.75) is 70.0 Å². The molecule has 6 rings (SSSR count). The van der Waals surface area contributed by atoms with Gasteiger partial charge in [0.2, 0.25) is 11.8 Å². The van der Waals surface area contributed by atoms with E-state index in [9.17, 15) is 39.6 Å². The van der Waals surface area contributed by atoms with Crippen molar-refractivity contribution in [1.29, 1.82) is 0 Å². The fraction of sp³-hybridized carbons (Fsp3) is 0.758. The summed E-state index contributed by atoms with van der Waals surface area (Å²) in [5.74, 6) is -4.74. The van der Waals surface area contributed by atoms with Crippen molar-refractivity contribution in [1.82, 2.24) is 29.8 Å². The van der Waals surface area contributed by atoms with Gasteiger partial charge in [-0.2, -0.15) is 0 Å². The lowest BCUT2D eigenvalue weighted by atomic mass is 9.75. The van der Waals surface area contributed by atoms with E-state index in [2.05, 4.69) is 20.0 Å². The van der Waals surface area contributed by atoms with Crippen LogP contribution in [0.1, 0.15) is 33.6 Å². The van der Waals surface area contributed by atoms with Crippen LogP contribution in [0.15, 0.2) is 22.5 Å². The molecule has 11 atom stereocenters. The van der Waals surface area contributed by atoms with Gasteiger partial charge in [-0.15, -0.1) is 0 Å². The Bertz CT molecular complexity index is 1400. The number of β-lactam (4-membered cyclic amide) rings is 2. The number of carboxylic acid groups (broad SMARTS) is 2. The average molecular weight is 659 g/mol. The highest BCUT2D eigenvalue weighted by Crippen LogP contribution is 2.49. The topological polar surface area (TPSA) is 177 Å². The number of nitrogens with one attached hydrogen (secondary N) is 1.